The molecule has 0 radical (unpaired) electrons. The summed E-state index contributed by atoms with van der Waals surface area (Å²) in [7, 11) is 0. The Balaban J connectivity index is 1.84. The van der Waals surface area contributed by atoms with Gasteiger partial charge in [-0.2, -0.15) is 18.4 Å². The van der Waals surface area contributed by atoms with E-state index in [1.54, 1.807) is 30.3 Å². The first-order valence-electron chi connectivity index (χ1n) is 8.43. The zero-order chi connectivity index (χ0) is 22.8. The van der Waals surface area contributed by atoms with Crippen molar-refractivity contribution in [2.45, 2.75) is 6.18 Å². The summed E-state index contributed by atoms with van der Waals surface area (Å²) in [6.45, 7) is 0. The third kappa shape index (κ3) is 5.42. The van der Waals surface area contributed by atoms with Crippen LogP contribution in [0.1, 0.15) is 11.3 Å². The number of nitrogens with zero attached hydrogens (tertiary/aromatic N) is 1. The van der Waals surface area contributed by atoms with E-state index in [1.165, 1.54) is 6.07 Å². The van der Waals surface area contributed by atoms with E-state index in [0.29, 0.717) is 27.4 Å². The van der Waals surface area contributed by atoms with E-state index in [4.69, 9.17) is 39.2 Å². The van der Waals surface area contributed by atoms with Crippen LogP contribution < -0.4 is 5.32 Å². The second kappa shape index (κ2) is 9.06. The molecule has 0 atom stereocenters. The van der Waals surface area contributed by atoms with Crippen molar-refractivity contribution in [2.75, 3.05) is 5.32 Å². The van der Waals surface area contributed by atoms with Crippen molar-refractivity contribution in [1.29, 1.82) is 5.26 Å². The highest BCUT2D eigenvalue weighted by molar-refractivity contribution is 6.42. The Bertz CT molecular complexity index is 1230. The van der Waals surface area contributed by atoms with Crippen molar-refractivity contribution in [2.24, 2.45) is 0 Å². The lowest BCUT2D eigenvalue weighted by molar-refractivity contribution is -0.137. The molecule has 4 nitrogen and oxygen atoms in total. The summed E-state index contributed by atoms with van der Waals surface area (Å²) in [6, 6.07) is 12.1. The van der Waals surface area contributed by atoms with Crippen LogP contribution in [-0.4, -0.2) is 5.91 Å². The highest BCUT2D eigenvalue weighted by Gasteiger charge is 2.31. The zero-order valence-corrected chi connectivity index (χ0v) is 17.5. The number of amides is 1. The monoisotopic (exact) mass is 484 g/mol. The van der Waals surface area contributed by atoms with Gasteiger partial charge >= 0.3 is 6.18 Å². The molecule has 0 aliphatic rings. The SMILES string of the molecule is N#C/C(=C/c1ccc(-c2ccc(Cl)c(Cl)c2)o1)C(=O)Nc1cc(C(F)(F)F)ccc1Cl. The molecule has 158 valence electrons. The third-order valence-corrected chi connectivity index (χ3v) is 5.09. The highest BCUT2D eigenvalue weighted by Crippen LogP contribution is 2.34. The largest absolute Gasteiger partial charge is 0.457 e. The van der Waals surface area contributed by atoms with Crippen molar-refractivity contribution in [1.82, 2.24) is 0 Å². The fourth-order valence-corrected chi connectivity index (χ4v) is 2.98. The van der Waals surface area contributed by atoms with Crippen LogP contribution in [-0.2, 0) is 11.0 Å². The van der Waals surface area contributed by atoms with Crippen molar-refractivity contribution in [3.8, 4) is 17.4 Å². The van der Waals surface area contributed by atoms with E-state index in [9.17, 15) is 23.2 Å². The van der Waals surface area contributed by atoms with Crippen molar-refractivity contribution >= 4 is 52.5 Å². The topological polar surface area (TPSA) is 66.0 Å². The lowest BCUT2D eigenvalue weighted by Crippen LogP contribution is -2.15. The second-order valence-corrected chi connectivity index (χ2v) is 7.37. The number of halogens is 6. The standard InChI is InChI=1S/C21H10Cl3F3N2O2/c22-15-4-1-11(8-17(15)24)19-6-3-14(31-19)7-12(10-28)20(30)29-18-9-13(21(25,26)27)2-5-16(18)23/h1-9H,(H,29,30)/b12-7-. The molecule has 0 aliphatic heterocycles. The number of nitriles is 1. The molecule has 0 bridgehead atoms. The summed E-state index contributed by atoms with van der Waals surface area (Å²) in [5.74, 6) is -0.373. The van der Waals surface area contributed by atoms with Crippen molar-refractivity contribution in [3.63, 3.8) is 0 Å². The molecule has 10 heteroatoms. The van der Waals surface area contributed by atoms with Gasteiger partial charge in [0, 0.05) is 11.6 Å². The molecule has 1 aromatic heterocycles. The van der Waals surface area contributed by atoms with Gasteiger partial charge in [0.15, 0.2) is 0 Å². The lowest BCUT2D eigenvalue weighted by Gasteiger charge is -2.11. The van der Waals surface area contributed by atoms with E-state index >= 15 is 0 Å². The van der Waals surface area contributed by atoms with Gasteiger partial charge in [0.2, 0.25) is 0 Å². The quantitative estimate of drug-likeness (QED) is 0.308. The normalized spacial score (nSPS) is 11.8. The average molecular weight is 486 g/mol. The number of furan rings is 1. The Morgan fingerprint density at radius 3 is 2.35 bits per heavy atom. The van der Waals surface area contributed by atoms with Gasteiger partial charge in [-0.25, -0.2) is 0 Å². The van der Waals surface area contributed by atoms with Crippen LogP contribution in [0.4, 0.5) is 18.9 Å². The molecule has 0 fully saturated rings. The van der Waals surface area contributed by atoms with Crippen LogP contribution in [0.3, 0.4) is 0 Å². The molecule has 2 aromatic carbocycles. The number of hydrogen-bond acceptors (Lipinski definition) is 3. The number of benzene rings is 2. The first-order chi connectivity index (χ1) is 14.6. The average Bonchev–Trinajstić information content (AvgIpc) is 3.17. The summed E-state index contributed by atoms with van der Waals surface area (Å²) in [5.41, 5.74) is -1.05. The van der Waals surface area contributed by atoms with Gasteiger partial charge in [-0.15, -0.1) is 0 Å². The second-order valence-electron chi connectivity index (χ2n) is 6.15. The molecule has 0 spiro atoms. The predicted molar refractivity (Wildman–Crippen MR) is 113 cm³/mol. The van der Waals surface area contributed by atoms with Crippen LogP contribution >= 0.6 is 34.8 Å². The molecule has 3 aromatic rings. The Morgan fingerprint density at radius 2 is 1.71 bits per heavy atom. The van der Waals surface area contributed by atoms with Gasteiger partial charge in [-0.05, 0) is 48.5 Å². The van der Waals surface area contributed by atoms with E-state index in [1.807, 2.05) is 0 Å². The first kappa shape index (κ1) is 22.8. The minimum Gasteiger partial charge on any atom is -0.457 e. The summed E-state index contributed by atoms with van der Waals surface area (Å²) in [6.07, 6.45) is -3.47. The van der Waals surface area contributed by atoms with Crippen molar-refractivity contribution < 1.29 is 22.4 Å². The van der Waals surface area contributed by atoms with E-state index in [0.717, 1.165) is 18.2 Å². The Kier molecular flexibility index (Phi) is 6.65. The van der Waals surface area contributed by atoms with Crippen LogP contribution in [0.2, 0.25) is 15.1 Å². The molecule has 1 amide bonds. The maximum atomic E-state index is 12.9. The molecular weight excluding hydrogens is 476 g/mol. The van der Waals surface area contributed by atoms with E-state index in [-0.39, 0.29) is 16.5 Å². The number of rotatable bonds is 4. The maximum absolute atomic E-state index is 12.9. The number of alkyl halides is 3. The van der Waals surface area contributed by atoms with Gasteiger partial charge in [0.1, 0.15) is 23.2 Å². The molecule has 0 unspecified atom stereocenters. The number of carbonyl (C=O) groups is 1. The Labute approximate surface area is 189 Å². The molecule has 0 saturated heterocycles. The Morgan fingerprint density at radius 1 is 1.00 bits per heavy atom. The fourth-order valence-electron chi connectivity index (χ4n) is 2.51. The third-order valence-electron chi connectivity index (χ3n) is 4.02. The predicted octanol–water partition coefficient (Wildman–Crippen LogP) is 7.47. The van der Waals surface area contributed by atoms with Gasteiger partial charge in [-0.3, -0.25) is 4.79 Å². The van der Waals surface area contributed by atoms with Gasteiger partial charge in [-0.1, -0.05) is 34.8 Å². The summed E-state index contributed by atoms with van der Waals surface area (Å²) in [5, 5.41) is 12.1. The van der Waals surface area contributed by atoms with Crippen molar-refractivity contribution in [3.05, 3.63) is 80.5 Å². The molecule has 3 rings (SSSR count). The van der Waals surface area contributed by atoms with Crippen LogP contribution in [0, 0.1) is 11.3 Å². The van der Waals surface area contributed by atoms with Crippen LogP contribution in [0.15, 0.2) is 58.5 Å². The maximum Gasteiger partial charge on any atom is 0.416 e. The van der Waals surface area contributed by atoms with E-state index in [2.05, 4.69) is 5.32 Å². The summed E-state index contributed by atoms with van der Waals surface area (Å²) in [4.78, 5) is 12.4. The molecular formula is C21H10Cl3F3N2O2. The molecule has 31 heavy (non-hydrogen) atoms. The minimum atomic E-state index is -4.62. The lowest BCUT2D eigenvalue weighted by atomic mass is 10.1. The first-order valence-corrected chi connectivity index (χ1v) is 9.57. The summed E-state index contributed by atoms with van der Waals surface area (Å²) >= 11 is 17.7. The fraction of sp³-hybridized carbons (Fsp3) is 0.0476. The zero-order valence-electron chi connectivity index (χ0n) is 15.2. The number of hydrogen-bond donors (Lipinski definition) is 1. The summed E-state index contributed by atoms with van der Waals surface area (Å²) < 4.78 is 44.3. The molecule has 0 aliphatic carbocycles. The van der Waals surface area contributed by atoms with E-state index < -0.39 is 23.2 Å². The van der Waals surface area contributed by atoms with Gasteiger partial charge in [0.05, 0.1) is 26.3 Å². The van der Waals surface area contributed by atoms with Gasteiger partial charge < -0.3 is 9.73 Å². The Hall–Kier alpha value is -2.92. The molecule has 1 heterocycles. The molecule has 1 N–H and O–H groups in total. The smallest absolute Gasteiger partial charge is 0.416 e. The number of carbonyl (C=O) groups excluding carboxylic acids is 1. The number of anilines is 1. The van der Waals surface area contributed by atoms with Gasteiger partial charge in [0.25, 0.3) is 5.91 Å². The molecule has 0 saturated carbocycles. The minimum absolute atomic E-state index is 0.112. The van der Waals surface area contributed by atoms with Crippen LogP contribution in [0.5, 0.6) is 0 Å². The number of nitrogens with one attached hydrogen (secondary N) is 1. The highest BCUT2D eigenvalue weighted by atomic mass is 35.5. The van der Waals surface area contributed by atoms with Crippen LogP contribution in [0.25, 0.3) is 17.4 Å².